The number of nitrogens with one attached hydrogen (secondary N) is 3. The number of nitrogens with zero attached hydrogens (tertiary/aromatic N) is 1. The second-order valence-corrected chi connectivity index (χ2v) is 7.77. The van der Waals surface area contributed by atoms with Crippen LogP contribution in [0.5, 0.6) is 0 Å². The molecule has 1 atom stereocenters. The molecule has 1 unspecified atom stereocenters. The van der Waals surface area contributed by atoms with Gasteiger partial charge in [0.05, 0.1) is 18.7 Å². The number of methoxy groups -OCH3 is 1. The van der Waals surface area contributed by atoms with E-state index in [1.54, 1.807) is 24.1 Å². The van der Waals surface area contributed by atoms with Crippen molar-refractivity contribution < 1.29 is 14.3 Å². The lowest BCUT2D eigenvalue weighted by Crippen LogP contribution is -2.46. The number of ether oxygens (including phenoxy) is 1. The number of esters is 1. The molecule has 0 aliphatic carbocycles. The molecule has 31 heavy (non-hydrogen) atoms. The van der Waals surface area contributed by atoms with Gasteiger partial charge in [0.25, 0.3) is 0 Å². The summed E-state index contributed by atoms with van der Waals surface area (Å²) in [5.41, 5.74) is 5.58. The maximum Gasteiger partial charge on any atom is 0.337 e. The van der Waals surface area contributed by atoms with E-state index in [4.69, 9.17) is 17.0 Å². The Kier molecular flexibility index (Phi) is 6.60. The van der Waals surface area contributed by atoms with Gasteiger partial charge in [-0.3, -0.25) is 0 Å². The van der Waals surface area contributed by atoms with Crippen LogP contribution in [0, 0.1) is 13.8 Å². The fourth-order valence-electron chi connectivity index (χ4n) is 3.39. The molecule has 0 bridgehead atoms. The Morgan fingerprint density at radius 2 is 1.74 bits per heavy atom. The van der Waals surface area contributed by atoms with Crippen molar-refractivity contribution in [1.82, 2.24) is 10.2 Å². The summed E-state index contributed by atoms with van der Waals surface area (Å²) in [6.45, 7) is 5.80. The van der Waals surface area contributed by atoms with Crippen LogP contribution in [0.1, 0.15) is 29.7 Å². The molecule has 0 saturated heterocycles. The van der Waals surface area contributed by atoms with Crippen molar-refractivity contribution in [2.24, 2.45) is 0 Å². The Morgan fingerprint density at radius 3 is 2.39 bits per heavy atom. The third-order valence-electron chi connectivity index (χ3n) is 5.51. The summed E-state index contributed by atoms with van der Waals surface area (Å²) >= 11 is 5.39. The van der Waals surface area contributed by atoms with Gasteiger partial charge in [0.1, 0.15) is 0 Å². The summed E-state index contributed by atoms with van der Waals surface area (Å²) in [5.74, 6) is -0.417. The van der Waals surface area contributed by atoms with Crippen LogP contribution >= 0.6 is 12.2 Å². The van der Waals surface area contributed by atoms with Gasteiger partial charge in [-0.1, -0.05) is 24.3 Å². The highest BCUT2D eigenvalue weighted by atomic mass is 32.1. The standard InChI is InChI=1S/C23H26N4O3S/c1-13-7-6-8-18(14(13)2)25-22(29)24-17-11-9-16(10-12-17)20-19(21(28)30-5)15(3)27(4)23(31)26-20/h6-12,20H,1-5H3,(H,26,31)(H2,24,25,29). The summed E-state index contributed by atoms with van der Waals surface area (Å²) in [4.78, 5) is 26.5. The lowest BCUT2D eigenvalue weighted by Gasteiger charge is -2.35. The highest BCUT2D eigenvalue weighted by Gasteiger charge is 2.33. The molecule has 162 valence electrons. The van der Waals surface area contributed by atoms with E-state index in [1.165, 1.54) is 7.11 Å². The summed E-state index contributed by atoms with van der Waals surface area (Å²) in [7, 11) is 3.15. The van der Waals surface area contributed by atoms with Crippen molar-refractivity contribution in [3.63, 3.8) is 0 Å². The van der Waals surface area contributed by atoms with Crippen LogP contribution in [-0.4, -0.2) is 36.2 Å². The number of benzene rings is 2. The second-order valence-electron chi connectivity index (χ2n) is 7.38. The molecule has 1 heterocycles. The normalized spacial score (nSPS) is 16.0. The molecular formula is C23H26N4O3S. The Balaban J connectivity index is 1.77. The van der Waals surface area contributed by atoms with Gasteiger partial charge in [-0.05, 0) is 67.9 Å². The van der Waals surface area contributed by atoms with Crippen LogP contribution in [-0.2, 0) is 9.53 Å². The molecule has 0 fully saturated rings. The van der Waals surface area contributed by atoms with Crippen molar-refractivity contribution in [1.29, 1.82) is 0 Å². The third kappa shape index (κ3) is 4.69. The predicted octanol–water partition coefficient (Wildman–Crippen LogP) is 4.26. The number of hydrogen-bond donors (Lipinski definition) is 3. The minimum absolute atomic E-state index is 0.328. The van der Waals surface area contributed by atoms with Gasteiger partial charge in [-0.25, -0.2) is 9.59 Å². The zero-order valence-corrected chi connectivity index (χ0v) is 19.0. The topological polar surface area (TPSA) is 82.7 Å². The number of hydrogen-bond acceptors (Lipinski definition) is 4. The first kappa shape index (κ1) is 22.3. The smallest absolute Gasteiger partial charge is 0.337 e. The molecule has 3 rings (SSSR count). The van der Waals surface area contributed by atoms with Crippen LogP contribution in [0.25, 0.3) is 0 Å². The van der Waals surface area contributed by atoms with E-state index >= 15 is 0 Å². The Hall–Kier alpha value is -3.39. The molecule has 0 spiro atoms. The molecule has 2 aromatic rings. The number of amides is 2. The van der Waals surface area contributed by atoms with E-state index in [2.05, 4.69) is 16.0 Å². The number of carbonyl (C=O) groups excluding carboxylic acids is 2. The number of carbonyl (C=O) groups is 2. The van der Waals surface area contributed by atoms with Crippen molar-refractivity contribution in [2.45, 2.75) is 26.8 Å². The Bertz CT molecular complexity index is 1060. The van der Waals surface area contributed by atoms with Crippen molar-refractivity contribution in [3.8, 4) is 0 Å². The first-order valence-corrected chi connectivity index (χ1v) is 10.2. The Morgan fingerprint density at radius 1 is 1.06 bits per heavy atom. The molecule has 1 aliphatic rings. The monoisotopic (exact) mass is 438 g/mol. The molecule has 1 aliphatic heterocycles. The lowest BCUT2D eigenvalue weighted by molar-refractivity contribution is -0.136. The molecule has 2 amide bonds. The first-order valence-electron chi connectivity index (χ1n) is 9.80. The van der Waals surface area contributed by atoms with E-state index in [-0.39, 0.29) is 6.03 Å². The maximum atomic E-state index is 12.4. The maximum absolute atomic E-state index is 12.4. The van der Waals surface area contributed by atoms with E-state index in [0.29, 0.717) is 16.4 Å². The number of thiocarbonyl (C=S) groups is 1. The molecule has 7 nitrogen and oxygen atoms in total. The fraction of sp³-hybridized carbons (Fsp3) is 0.261. The van der Waals surface area contributed by atoms with Gasteiger partial charge in [0, 0.05) is 24.1 Å². The average molecular weight is 439 g/mol. The molecule has 0 aromatic heterocycles. The van der Waals surface area contributed by atoms with Gasteiger partial charge in [-0.2, -0.15) is 0 Å². The third-order valence-corrected chi connectivity index (χ3v) is 5.91. The molecular weight excluding hydrogens is 412 g/mol. The minimum Gasteiger partial charge on any atom is -0.466 e. The SMILES string of the molecule is COC(=O)C1=C(C)N(C)C(=S)NC1c1ccc(NC(=O)Nc2cccc(C)c2C)cc1. The highest BCUT2D eigenvalue weighted by molar-refractivity contribution is 7.80. The average Bonchev–Trinajstić information content (AvgIpc) is 2.75. The van der Waals surface area contributed by atoms with Crippen LogP contribution < -0.4 is 16.0 Å². The van der Waals surface area contributed by atoms with E-state index in [9.17, 15) is 9.59 Å². The van der Waals surface area contributed by atoms with Crippen molar-refractivity contribution >= 4 is 40.7 Å². The van der Waals surface area contributed by atoms with Gasteiger partial charge in [0.15, 0.2) is 5.11 Å². The van der Waals surface area contributed by atoms with Gasteiger partial charge >= 0.3 is 12.0 Å². The van der Waals surface area contributed by atoms with Crippen LogP contribution in [0.3, 0.4) is 0 Å². The van der Waals surface area contributed by atoms with Crippen LogP contribution in [0.2, 0.25) is 0 Å². The number of rotatable bonds is 4. The van der Waals surface area contributed by atoms with E-state index < -0.39 is 12.0 Å². The van der Waals surface area contributed by atoms with Crippen molar-refractivity contribution in [2.75, 3.05) is 24.8 Å². The van der Waals surface area contributed by atoms with Crippen LogP contribution in [0.4, 0.5) is 16.2 Å². The van der Waals surface area contributed by atoms with Gasteiger partial charge in [0.2, 0.25) is 0 Å². The first-order chi connectivity index (χ1) is 14.7. The molecule has 3 N–H and O–H groups in total. The van der Waals surface area contributed by atoms with Gasteiger partial charge in [-0.15, -0.1) is 0 Å². The second kappa shape index (κ2) is 9.18. The Labute approximate surface area is 187 Å². The van der Waals surface area contributed by atoms with Crippen molar-refractivity contribution in [3.05, 3.63) is 70.4 Å². The zero-order chi connectivity index (χ0) is 22.7. The van der Waals surface area contributed by atoms with E-state index in [0.717, 1.165) is 28.1 Å². The minimum atomic E-state index is -0.436. The molecule has 0 radical (unpaired) electrons. The number of allylic oxidation sites excluding steroid dienone is 1. The highest BCUT2D eigenvalue weighted by Crippen LogP contribution is 2.31. The molecule has 8 heteroatoms. The molecule has 2 aromatic carbocycles. The quantitative estimate of drug-likeness (QED) is 0.489. The number of anilines is 2. The summed E-state index contributed by atoms with van der Waals surface area (Å²) < 4.78 is 4.97. The largest absolute Gasteiger partial charge is 0.466 e. The number of aryl methyl sites for hydroxylation is 1. The fourth-order valence-corrected chi connectivity index (χ4v) is 3.64. The molecule has 0 saturated carbocycles. The summed E-state index contributed by atoms with van der Waals surface area (Å²) in [6.07, 6.45) is 0. The lowest BCUT2D eigenvalue weighted by atomic mass is 9.95. The number of urea groups is 1. The summed E-state index contributed by atoms with van der Waals surface area (Å²) in [6, 6.07) is 12.3. The van der Waals surface area contributed by atoms with E-state index in [1.807, 2.05) is 51.1 Å². The predicted molar refractivity (Wildman–Crippen MR) is 126 cm³/mol. The van der Waals surface area contributed by atoms with Gasteiger partial charge < -0.3 is 25.6 Å². The zero-order valence-electron chi connectivity index (χ0n) is 18.2. The summed E-state index contributed by atoms with van der Waals surface area (Å²) in [5, 5.41) is 9.40. The van der Waals surface area contributed by atoms with Crippen LogP contribution in [0.15, 0.2) is 53.7 Å².